The number of hydrogen-bond acceptors (Lipinski definition) is 8. The lowest BCUT2D eigenvalue weighted by atomic mass is 9.82. The molecule has 5 aliphatic heterocycles. The molecule has 59 heavy (non-hydrogen) atoms. The fraction of sp³-hybridized carbons (Fsp3) is 0.426. The zero-order chi connectivity index (χ0) is 41.3. The summed E-state index contributed by atoms with van der Waals surface area (Å²) in [6.45, 7) is 8.89. The van der Waals surface area contributed by atoms with Crippen molar-refractivity contribution in [1.82, 2.24) is 10.2 Å². The van der Waals surface area contributed by atoms with Gasteiger partial charge in [0.15, 0.2) is 5.60 Å². The number of piperidine rings is 1. The van der Waals surface area contributed by atoms with Gasteiger partial charge >= 0.3 is 0 Å². The van der Waals surface area contributed by atoms with Gasteiger partial charge in [0.2, 0.25) is 5.91 Å². The van der Waals surface area contributed by atoms with Gasteiger partial charge in [-0.1, -0.05) is 79.8 Å². The van der Waals surface area contributed by atoms with E-state index in [1.807, 2.05) is 76.5 Å². The fourth-order valence-electron chi connectivity index (χ4n) is 11.3. The summed E-state index contributed by atoms with van der Waals surface area (Å²) in [6.07, 6.45) is 1.44. The van der Waals surface area contributed by atoms with Crippen LogP contribution in [0.25, 0.3) is 0 Å². The average Bonchev–Trinajstić information content (AvgIpc) is 3.80. The first-order valence-corrected chi connectivity index (χ1v) is 24.1. The van der Waals surface area contributed by atoms with E-state index in [4.69, 9.17) is 9.47 Å². The molecule has 9 rings (SSSR count). The van der Waals surface area contributed by atoms with Gasteiger partial charge in [0.05, 0.1) is 52.7 Å². The van der Waals surface area contributed by atoms with Crippen molar-refractivity contribution in [3.8, 4) is 5.75 Å². The molecule has 2 spiro atoms. The number of nitrogens with zero attached hydrogens (tertiary/aromatic N) is 4. The number of aliphatic hydroxyl groups is 1. The third-order valence-corrected chi connectivity index (χ3v) is 18.8. The van der Waals surface area contributed by atoms with E-state index in [-0.39, 0.29) is 48.3 Å². The maximum atomic E-state index is 15.0. The summed E-state index contributed by atoms with van der Waals surface area (Å²) in [6, 6.07) is 32.0. The normalized spacial score (nSPS) is 26.2. The SMILES string of the molecule is COc1ccc([Si](C)(C)[C@H]2[C@H](CC(=O)N3Cc4ccccc4C[C@H]3CO)O[C@@]3(C(=O)N(C)c4ccc(N5CN(c6ccccc6)C6(CCNCC6)C5=O)cc43)[C@@H]2C)cc1. The first-order chi connectivity index (χ1) is 28.4. The van der Waals surface area contributed by atoms with Crippen LogP contribution in [0.3, 0.4) is 0 Å². The zero-order valence-corrected chi connectivity index (χ0v) is 35.7. The first-order valence-electron chi connectivity index (χ1n) is 21.0. The van der Waals surface area contributed by atoms with Crippen LogP contribution in [0.2, 0.25) is 18.6 Å². The van der Waals surface area contributed by atoms with E-state index in [2.05, 4.69) is 60.6 Å². The minimum Gasteiger partial charge on any atom is -0.497 e. The highest BCUT2D eigenvalue weighted by Gasteiger charge is 2.66. The summed E-state index contributed by atoms with van der Waals surface area (Å²) in [7, 11) is 0.906. The van der Waals surface area contributed by atoms with Gasteiger partial charge in [-0.05, 0) is 91.5 Å². The number of hydrogen-bond donors (Lipinski definition) is 2. The predicted octanol–water partition coefficient (Wildman–Crippen LogP) is 5.16. The molecule has 5 aliphatic rings. The number of carbonyl (C=O) groups is 3. The highest BCUT2D eigenvalue weighted by molar-refractivity contribution is 6.91. The van der Waals surface area contributed by atoms with Gasteiger partial charge < -0.3 is 34.6 Å². The van der Waals surface area contributed by atoms with E-state index < -0.39 is 25.3 Å². The molecule has 3 fully saturated rings. The zero-order valence-electron chi connectivity index (χ0n) is 34.7. The van der Waals surface area contributed by atoms with Crippen LogP contribution in [0.15, 0.2) is 97.1 Å². The summed E-state index contributed by atoms with van der Waals surface area (Å²) in [5.41, 5.74) is 3.22. The van der Waals surface area contributed by atoms with Crippen molar-refractivity contribution >= 4 is 48.0 Å². The number of nitrogens with one attached hydrogen (secondary N) is 1. The van der Waals surface area contributed by atoms with Gasteiger partial charge in [-0.25, -0.2) is 0 Å². The quantitative estimate of drug-likeness (QED) is 0.235. The molecule has 0 aliphatic carbocycles. The van der Waals surface area contributed by atoms with Crippen LogP contribution >= 0.6 is 0 Å². The van der Waals surface area contributed by atoms with Crippen molar-refractivity contribution in [1.29, 1.82) is 0 Å². The van der Waals surface area contributed by atoms with E-state index in [0.717, 1.165) is 52.6 Å². The Morgan fingerprint density at radius 3 is 2.31 bits per heavy atom. The number of amides is 3. The van der Waals surface area contributed by atoms with Gasteiger partial charge in [0.1, 0.15) is 11.3 Å². The Bertz CT molecular complexity index is 2260. The molecule has 0 saturated carbocycles. The maximum Gasteiger partial charge on any atom is 0.264 e. The summed E-state index contributed by atoms with van der Waals surface area (Å²) in [4.78, 5) is 52.1. The molecule has 2 N–H and O–H groups in total. The van der Waals surface area contributed by atoms with Crippen molar-refractivity contribution < 1.29 is 29.0 Å². The van der Waals surface area contributed by atoms with Crippen LogP contribution in [0, 0.1) is 5.92 Å². The number of aliphatic hydroxyl groups excluding tert-OH is 1. The molecular formula is C47H55N5O6Si. The Hall–Kier alpha value is -5.01. The number of anilines is 3. The molecular weight excluding hydrogens is 759 g/mol. The number of para-hydroxylation sites is 1. The lowest BCUT2D eigenvalue weighted by molar-refractivity contribution is -0.150. The molecule has 3 saturated heterocycles. The maximum absolute atomic E-state index is 15.0. The molecule has 11 nitrogen and oxygen atoms in total. The Labute approximate surface area is 347 Å². The molecule has 0 radical (unpaired) electrons. The topological polar surface area (TPSA) is 115 Å². The molecule has 0 unspecified atom stereocenters. The van der Waals surface area contributed by atoms with E-state index >= 15 is 4.79 Å². The molecule has 0 aromatic heterocycles. The van der Waals surface area contributed by atoms with Crippen molar-refractivity contribution in [3.05, 3.63) is 114 Å². The van der Waals surface area contributed by atoms with E-state index in [0.29, 0.717) is 32.5 Å². The van der Waals surface area contributed by atoms with Crippen LogP contribution in [-0.4, -0.2) is 94.0 Å². The summed E-state index contributed by atoms with van der Waals surface area (Å²) in [5.74, 6) is 0.245. The Morgan fingerprint density at radius 2 is 1.61 bits per heavy atom. The van der Waals surface area contributed by atoms with Gasteiger partial charge in [-0.3, -0.25) is 19.3 Å². The number of carbonyl (C=O) groups excluding carboxylic acids is 3. The van der Waals surface area contributed by atoms with Gasteiger partial charge in [0.25, 0.3) is 11.8 Å². The van der Waals surface area contributed by atoms with Gasteiger partial charge in [-0.15, -0.1) is 0 Å². The number of fused-ring (bicyclic) bond motifs is 3. The smallest absolute Gasteiger partial charge is 0.264 e. The molecule has 3 amide bonds. The second kappa shape index (κ2) is 14.9. The largest absolute Gasteiger partial charge is 0.497 e. The van der Waals surface area contributed by atoms with Crippen molar-refractivity contribution in [2.75, 3.05) is 55.2 Å². The molecule has 308 valence electrons. The third-order valence-electron chi connectivity index (χ3n) is 14.5. The van der Waals surface area contributed by atoms with Gasteiger partial charge in [0, 0.05) is 36.4 Å². The lowest BCUT2D eigenvalue weighted by Crippen LogP contribution is -2.55. The van der Waals surface area contributed by atoms with Crippen LogP contribution in [0.1, 0.15) is 42.9 Å². The second-order valence-electron chi connectivity index (χ2n) is 17.7. The lowest BCUT2D eigenvalue weighted by Gasteiger charge is -2.39. The molecule has 12 heteroatoms. The molecule has 0 bridgehead atoms. The standard InChI is InChI=1S/C47H55N5O6Si/c1-31-43(59(4,5)38-18-16-37(57-3)17-19-38)41(27-42(54)50-28-33-12-10-9-11-32(33)25-36(50)29-53)58-47(31)39-26-35(15-20-40(39)49(2)45(47)56)51-30-52(34-13-7-6-8-14-34)46(44(51)55)21-23-48-24-22-46/h6-20,26,31,36,41,43,48,53H,21-25,27-30H2,1-5H3/t31-,36+,41+,43-,47+/m1/s1. The van der Waals surface area contributed by atoms with Crippen LogP contribution < -0.4 is 29.9 Å². The Morgan fingerprint density at radius 1 is 0.915 bits per heavy atom. The predicted molar refractivity (Wildman–Crippen MR) is 232 cm³/mol. The monoisotopic (exact) mass is 813 g/mol. The third kappa shape index (κ3) is 6.12. The highest BCUT2D eigenvalue weighted by Crippen LogP contribution is 2.60. The summed E-state index contributed by atoms with van der Waals surface area (Å²) < 4.78 is 12.8. The summed E-state index contributed by atoms with van der Waals surface area (Å²) >= 11 is 0. The fourth-order valence-corrected chi connectivity index (χ4v) is 15.3. The van der Waals surface area contributed by atoms with Gasteiger partial charge in [-0.2, -0.15) is 0 Å². The van der Waals surface area contributed by atoms with Crippen molar-refractivity contribution in [2.45, 2.75) is 81.1 Å². The molecule has 5 atom stereocenters. The number of rotatable bonds is 8. The minimum absolute atomic E-state index is 0.0610. The number of likely N-dealkylation sites (N-methyl/N-ethyl adjacent to an activating group) is 1. The average molecular weight is 814 g/mol. The molecule has 5 heterocycles. The van der Waals surface area contributed by atoms with E-state index in [1.54, 1.807) is 19.1 Å². The van der Waals surface area contributed by atoms with Crippen LogP contribution in [0.4, 0.5) is 17.1 Å². The van der Waals surface area contributed by atoms with Crippen molar-refractivity contribution in [3.63, 3.8) is 0 Å². The number of ether oxygens (including phenoxy) is 2. The first kappa shape index (κ1) is 39.4. The second-order valence-corrected chi connectivity index (χ2v) is 22.4. The Balaban J connectivity index is 1.12. The Kier molecular flexibility index (Phi) is 9.97. The van der Waals surface area contributed by atoms with E-state index in [9.17, 15) is 14.7 Å². The molecule has 4 aromatic carbocycles. The minimum atomic E-state index is -2.55. The van der Waals surface area contributed by atoms with E-state index in [1.165, 1.54) is 5.19 Å². The van der Waals surface area contributed by atoms with Crippen LogP contribution in [-0.2, 0) is 37.7 Å². The summed E-state index contributed by atoms with van der Waals surface area (Å²) in [5, 5.41) is 15.2. The number of methoxy groups -OCH3 is 1. The van der Waals surface area contributed by atoms with Crippen LogP contribution in [0.5, 0.6) is 5.75 Å². The number of benzene rings is 4. The molecule has 4 aromatic rings. The van der Waals surface area contributed by atoms with Crippen molar-refractivity contribution in [2.24, 2.45) is 5.92 Å². The highest BCUT2D eigenvalue weighted by atomic mass is 28.3.